The number of nitrogens with zero attached hydrogens (tertiary/aromatic N) is 1. The van der Waals surface area contributed by atoms with Crippen molar-refractivity contribution in [1.82, 2.24) is 15.2 Å². The normalized spacial score (nSPS) is 10.1. The molecular weight excluding hydrogens is 206 g/mol. The minimum Gasteiger partial charge on any atom is -0.353 e. The molecule has 0 saturated carbocycles. The molecule has 2 N–H and O–H groups in total. The minimum atomic E-state index is -0.163. The Morgan fingerprint density at radius 3 is 2.88 bits per heavy atom. The molecule has 0 aliphatic rings. The highest BCUT2D eigenvalue weighted by atomic mass is 16.2. The minimum absolute atomic E-state index is 0.0752. The molecule has 0 atom stereocenters. The van der Waals surface area contributed by atoms with E-state index in [2.05, 4.69) is 10.6 Å². The fraction of sp³-hybridized carbons (Fsp3) is 0.455. The molecule has 1 aromatic heterocycles. The van der Waals surface area contributed by atoms with Crippen molar-refractivity contribution in [2.75, 3.05) is 19.6 Å². The standard InChI is InChI=1S/C11H17N3O2/c1-2-12-6-7-13-10(15)9-14-8-4-3-5-11(14)16/h3-5,8,12H,2,6-7,9H2,1H3,(H,13,15). The average Bonchev–Trinajstić information content (AvgIpc) is 2.28. The summed E-state index contributed by atoms with van der Waals surface area (Å²) in [5.41, 5.74) is -0.163. The highest BCUT2D eigenvalue weighted by molar-refractivity contribution is 5.75. The molecule has 0 aliphatic carbocycles. The van der Waals surface area contributed by atoms with Crippen molar-refractivity contribution in [3.8, 4) is 0 Å². The summed E-state index contributed by atoms with van der Waals surface area (Å²) in [4.78, 5) is 22.7. The van der Waals surface area contributed by atoms with E-state index in [1.54, 1.807) is 18.3 Å². The van der Waals surface area contributed by atoms with Gasteiger partial charge in [0, 0.05) is 25.4 Å². The molecule has 0 aromatic carbocycles. The Bertz CT molecular complexity index is 387. The predicted molar refractivity (Wildman–Crippen MR) is 62.3 cm³/mol. The number of likely N-dealkylation sites (N-methyl/N-ethyl adjacent to an activating group) is 1. The first-order chi connectivity index (χ1) is 7.74. The monoisotopic (exact) mass is 223 g/mol. The predicted octanol–water partition coefficient (Wildman–Crippen LogP) is -0.426. The number of rotatable bonds is 6. The largest absolute Gasteiger partial charge is 0.353 e. The van der Waals surface area contributed by atoms with Crippen molar-refractivity contribution in [1.29, 1.82) is 0 Å². The van der Waals surface area contributed by atoms with Crippen molar-refractivity contribution in [2.45, 2.75) is 13.5 Å². The third kappa shape index (κ3) is 4.27. The van der Waals surface area contributed by atoms with Gasteiger partial charge >= 0.3 is 0 Å². The topological polar surface area (TPSA) is 63.1 Å². The summed E-state index contributed by atoms with van der Waals surface area (Å²) in [6, 6.07) is 4.82. The van der Waals surface area contributed by atoms with Crippen LogP contribution >= 0.6 is 0 Å². The number of amides is 1. The number of aromatic nitrogens is 1. The van der Waals surface area contributed by atoms with Crippen LogP contribution in [0.15, 0.2) is 29.2 Å². The van der Waals surface area contributed by atoms with Crippen molar-refractivity contribution in [3.63, 3.8) is 0 Å². The number of carbonyl (C=O) groups is 1. The van der Waals surface area contributed by atoms with Gasteiger partial charge in [-0.25, -0.2) is 0 Å². The van der Waals surface area contributed by atoms with Crippen LogP contribution in [0, 0.1) is 0 Å². The van der Waals surface area contributed by atoms with Crippen molar-refractivity contribution in [3.05, 3.63) is 34.7 Å². The fourth-order valence-corrected chi connectivity index (χ4v) is 1.27. The molecule has 88 valence electrons. The zero-order valence-corrected chi connectivity index (χ0v) is 9.40. The molecule has 0 radical (unpaired) electrons. The lowest BCUT2D eigenvalue weighted by Gasteiger charge is -2.07. The van der Waals surface area contributed by atoms with Crippen LogP contribution in [-0.2, 0) is 11.3 Å². The summed E-state index contributed by atoms with van der Waals surface area (Å²) >= 11 is 0. The van der Waals surface area contributed by atoms with Gasteiger partial charge in [-0.3, -0.25) is 9.59 Å². The van der Waals surface area contributed by atoms with Crippen LogP contribution in [0.5, 0.6) is 0 Å². The second kappa shape index (κ2) is 6.79. The van der Waals surface area contributed by atoms with E-state index in [1.807, 2.05) is 6.92 Å². The van der Waals surface area contributed by atoms with Crippen LogP contribution in [-0.4, -0.2) is 30.1 Å². The van der Waals surface area contributed by atoms with Gasteiger partial charge in [0.1, 0.15) is 6.54 Å². The highest BCUT2D eigenvalue weighted by Crippen LogP contribution is 1.82. The summed E-state index contributed by atoms with van der Waals surface area (Å²) in [6.45, 7) is 4.28. The molecule has 0 saturated heterocycles. The number of hydrogen-bond acceptors (Lipinski definition) is 3. The van der Waals surface area contributed by atoms with Crippen LogP contribution < -0.4 is 16.2 Å². The van der Waals surface area contributed by atoms with Crippen molar-refractivity contribution >= 4 is 5.91 Å². The summed E-state index contributed by atoms with van der Waals surface area (Å²) in [7, 11) is 0. The first kappa shape index (κ1) is 12.4. The molecule has 0 fully saturated rings. The zero-order valence-electron chi connectivity index (χ0n) is 9.40. The van der Waals surface area contributed by atoms with Gasteiger partial charge in [0.15, 0.2) is 0 Å². The summed E-state index contributed by atoms with van der Waals surface area (Å²) in [6.07, 6.45) is 1.60. The van der Waals surface area contributed by atoms with Crippen molar-refractivity contribution in [2.24, 2.45) is 0 Å². The van der Waals surface area contributed by atoms with E-state index < -0.39 is 0 Å². The Kier molecular flexibility index (Phi) is 5.28. The molecule has 1 aromatic rings. The van der Waals surface area contributed by atoms with Gasteiger partial charge < -0.3 is 15.2 Å². The van der Waals surface area contributed by atoms with Crippen LogP contribution in [0.3, 0.4) is 0 Å². The molecule has 5 nitrogen and oxygen atoms in total. The molecule has 16 heavy (non-hydrogen) atoms. The van der Waals surface area contributed by atoms with E-state index >= 15 is 0 Å². The maximum absolute atomic E-state index is 11.4. The van der Waals surface area contributed by atoms with Crippen LogP contribution in [0.4, 0.5) is 0 Å². The first-order valence-corrected chi connectivity index (χ1v) is 5.37. The van der Waals surface area contributed by atoms with Gasteiger partial charge in [0.2, 0.25) is 5.91 Å². The average molecular weight is 223 g/mol. The smallest absolute Gasteiger partial charge is 0.250 e. The van der Waals surface area contributed by atoms with Gasteiger partial charge in [0.05, 0.1) is 0 Å². The van der Waals surface area contributed by atoms with Gasteiger partial charge in [-0.1, -0.05) is 13.0 Å². The van der Waals surface area contributed by atoms with E-state index in [0.29, 0.717) is 6.54 Å². The number of hydrogen-bond donors (Lipinski definition) is 2. The van der Waals surface area contributed by atoms with Gasteiger partial charge in [0.25, 0.3) is 5.56 Å². The molecule has 0 unspecified atom stereocenters. The SMILES string of the molecule is CCNCCNC(=O)Cn1ccccc1=O. The lowest BCUT2D eigenvalue weighted by molar-refractivity contribution is -0.121. The molecule has 1 amide bonds. The molecular formula is C11H17N3O2. The third-order valence-electron chi connectivity index (χ3n) is 2.09. The third-order valence-corrected chi connectivity index (χ3v) is 2.09. The molecule has 0 bridgehead atoms. The molecule has 1 heterocycles. The summed E-state index contributed by atoms with van der Waals surface area (Å²) in [5, 5.41) is 5.83. The van der Waals surface area contributed by atoms with Crippen LogP contribution in [0.2, 0.25) is 0 Å². The van der Waals surface area contributed by atoms with Gasteiger partial charge in [-0.15, -0.1) is 0 Å². The second-order valence-corrected chi connectivity index (χ2v) is 3.37. The molecule has 5 heteroatoms. The Morgan fingerprint density at radius 1 is 1.38 bits per heavy atom. The first-order valence-electron chi connectivity index (χ1n) is 5.37. The number of carbonyl (C=O) groups excluding carboxylic acids is 1. The zero-order chi connectivity index (χ0) is 11.8. The highest BCUT2D eigenvalue weighted by Gasteiger charge is 2.02. The summed E-state index contributed by atoms with van der Waals surface area (Å²) < 4.78 is 1.38. The van der Waals surface area contributed by atoms with E-state index in [4.69, 9.17) is 0 Å². The molecule has 0 spiro atoms. The summed E-state index contributed by atoms with van der Waals surface area (Å²) in [5.74, 6) is -0.147. The number of nitrogens with one attached hydrogen (secondary N) is 2. The van der Waals surface area contributed by atoms with Gasteiger partial charge in [-0.2, -0.15) is 0 Å². The van der Waals surface area contributed by atoms with E-state index in [-0.39, 0.29) is 18.0 Å². The van der Waals surface area contributed by atoms with Gasteiger partial charge in [-0.05, 0) is 12.6 Å². The second-order valence-electron chi connectivity index (χ2n) is 3.37. The van der Waals surface area contributed by atoms with E-state index in [0.717, 1.165) is 13.1 Å². The quantitative estimate of drug-likeness (QED) is 0.643. The number of pyridine rings is 1. The van der Waals surface area contributed by atoms with Crippen LogP contribution in [0.25, 0.3) is 0 Å². The maximum Gasteiger partial charge on any atom is 0.250 e. The Balaban J connectivity index is 2.35. The molecule has 1 rings (SSSR count). The maximum atomic E-state index is 11.4. The van der Waals surface area contributed by atoms with E-state index in [9.17, 15) is 9.59 Å². The molecule has 0 aliphatic heterocycles. The Labute approximate surface area is 94.5 Å². The fourth-order valence-electron chi connectivity index (χ4n) is 1.27. The van der Waals surface area contributed by atoms with E-state index in [1.165, 1.54) is 10.6 Å². The Morgan fingerprint density at radius 2 is 2.19 bits per heavy atom. The Hall–Kier alpha value is -1.62. The van der Waals surface area contributed by atoms with Crippen LogP contribution in [0.1, 0.15) is 6.92 Å². The lowest BCUT2D eigenvalue weighted by atomic mass is 10.4. The lowest BCUT2D eigenvalue weighted by Crippen LogP contribution is -2.35. The van der Waals surface area contributed by atoms with Crippen molar-refractivity contribution < 1.29 is 4.79 Å².